The second-order valence-corrected chi connectivity index (χ2v) is 4.86. The van der Waals surface area contributed by atoms with Crippen LogP contribution in [0.2, 0.25) is 0 Å². The molecule has 2 aromatic rings. The van der Waals surface area contributed by atoms with Crippen LogP contribution in [0.15, 0.2) is 59.7 Å². The largest absolute Gasteiger partial charge is 0.507 e. The zero-order chi connectivity index (χ0) is 16.7. The second kappa shape index (κ2) is 7.74. The van der Waals surface area contributed by atoms with Gasteiger partial charge in [0.25, 0.3) is 0 Å². The number of phenols is 1. The van der Waals surface area contributed by atoms with E-state index < -0.39 is 11.8 Å². The van der Waals surface area contributed by atoms with Crippen LogP contribution in [0.3, 0.4) is 0 Å². The Bertz CT molecular complexity index is 714. The first-order valence-corrected chi connectivity index (χ1v) is 7.05. The molecule has 2 rings (SSSR count). The minimum atomic E-state index is -0.876. The Hall–Kier alpha value is -3.15. The van der Waals surface area contributed by atoms with Crippen LogP contribution in [0.25, 0.3) is 0 Å². The van der Waals surface area contributed by atoms with Crippen molar-refractivity contribution in [3.63, 3.8) is 0 Å². The molecule has 0 aliphatic carbocycles. The molecule has 3 N–H and O–H groups in total. The number of carbonyl (C=O) groups excluding carboxylic acids is 2. The van der Waals surface area contributed by atoms with Crippen LogP contribution in [0.4, 0.5) is 0 Å². The van der Waals surface area contributed by atoms with Gasteiger partial charge in [0.1, 0.15) is 5.75 Å². The summed E-state index contributed by atoms with van der Waals surface area (Å²) < 4.78 is 0. The number of carbonyl (C=O) groups is 2. The number of nitrogens with zero attached hydrogens (tertiary/aromatic N) is 1. The van der Waals surface area contributed by atoms with Gasteiger partial charge in [0.2, 0.25) is 0 Å². The molecule has 0 unspecified atom stereocenters. The number of benzene rings is 2. The van der Waals surface area contributed by atoms with Crippen molar-refractivity contribution in [3.8, 4) is 5.75 Å². The number of hydrogen-bond donors (Lipinski definition) is 3. The molecule has 0 bridgehead atoms. The molecule has 0 saturated carbocycles. The molecule has 0 aliphatic rings. The Labute approximate surface area is 133 Å². The third-order valence-electron chi connectivity index (χ3n) is 3.16. The first-order chi connectivity index (χ1) is 11.1. The van der Waals surface area contributed by atoms with E-state index in [1.54, 1.807) is 25.1 Å². The van der Waals surface area contributed by atoms with Crippen LogP contribution >= 0.6 is 0 Å². The average molecular weight is 311 g/mol. The van der Waals surface area contributed by atoms with Crippen molar-refractivity contribution < 1.29 is 14.7 Å². The number of amides is 2. The summed E-state index contributed by atoms with van der Waals surface area (Å²) in [6, 6.07) is 15.5. The smallest absolute Gasteiger partial charge is 0.329 e. The lowest BCUT2D eigenvalue weighted by atomic mass is 10.1. The summed E-state index contributed by atoms with van der Waals surface area (Å²) >= 11 is 0. The summed E-state index contributed by atoms with van der Waals surface area (Å²) in [6.45, 7) is 1.78. The van der Waals surface area contributed by atoms with Crippen LogP contribution in [0.5, 0.6) is 5.75 Å². The van der Waals surface area contributed by atoms with Crippen molar-refractivity contribution in [3.05, 3.63) is 65.7 Å². The van der Waals surface area contributed by atoms with Crippen molar-refractivity contribution >= 4 is 18.0 Å². The molecule has 0 saturated heterocycles. The standard InChI is InChI=1S/C17H17N3O3/c1-12(13-7-3-2-4-8-13)19-16(22)17(23)20-18-11-14-9-5-6-10-15(14)21/h2-12,21H,1H3,(H,19,22)(H,20,23)/b18-11-/t12-/m1/s1. The molecule has 0 radical (unpaired) electrons. The van der Waals surface area contributed by atoms with E-state index in [9.17, 15) is 14.7 Å². The van der Waals surface area contributed by atoms with E-state index in [1.807, 2.05) is 30.3 Å². The Morgan fingerprint density at radius 2 is 1.70 bits per heavy atom. The molecule has 6 heteroatoms. The highest BCUT2D eigenvalue weighted by Crippen LogP contribution is 2.12. The molecular formula is C17H17N3O3. The van der Waals surface area contributed by atoms with E-state index in [-0.39, 0.29) is 11.8 Å². The summed E-state index contributed by atoms with van der Waals surface area (Å²) in [5.74, 6) is -1.62. The van der Waals surface area contributed by atoms with Gasteiger partial charge in [-0.15, -0.1) is 0 Å². The monoisotopic (exact) mass is 311 g/mol. The van der Waals surface area contributed by atoms with Crippen molar-refractivity contribution in [1.82, 2.24) is 10.7 Å². The first-order valence-electron chi connectivity index (χ1n) is 7.05. The van der Waals surface area contributed by atoms with E-state index in [0.717, 1.165) is 5.56 Å². The van der Waals surface area contributed by atoms with Crippen LogP contribution < -0.4 is 10.7 Å². The highest BCUT2D eigenvalue weighted by Gasteiger charge is 2.16. The lowest BCUT2D eigenvalue weighted by Gasteiger charge is -2.13. The van der Waals surface area contributed by atoms with Crippen molar-refractivity contribution in [2.75, 3.05) is 0 Å². The summed E-state index contributed by atoms with van der Waals surface area (Å²) in [6.07, 6.45) is 1.27. The summed E-state index contributed by atoms with van der Waals surface area (Å²) in [4.78, 5) is 23.5. The van der Waals surface area contributed by atoms with Gasteiger partial charge >= 0.3 is 11.8 Å². The lowest BCUT2D eigenvalue weighted by molar-refractivity contribution is -0.139. The zero-order valence-electron chi connectivity index (χ0n) is 12.6. The van der Waals surface area contributed by atoms with Crippen LogP contribution in [-0.4, -0.2) is 23.1 Å². The van der Waals surface area contributed by atoms with E-state index in [0.29, 0.717) is 5.56 Å². The predicted octanol–water partition coefficient (Wildman–Crippen LogP) is 1.72. The third kappa shape index (κ3) is 4.67. The molecule has 2 amide bonds. The fourth-order valence-corrected chi connectivity index (χ4v) is 1.90. The maximum absolute atomic E-state index is 11.8. The predicted molar refractivity (Wildman–Crippen MR) is 86.8 cm³/mol. The van der Waals surface area contributed by atoms with Crippen LogP contribution in [0, 0.1) is 0 Å². The lowest BCUT2D eigenvalue weighted by Crippen LogP contribution is -2.39. The van der Waals surface area contributed by atoms with Gasteiger partial charge in [0, 0.05) is 5.56 Å². The van der Waals surface area contributed by atoms with Crippen LogP contribution in [0.1, 0.15) is 24.1 Å². The van der Waals surface area contributed by atoms with Gasteiger partial charge in [-0.25, -0.2) is 5.43 Å². The van der Waals surface area contributed by atoms with E-state index in [1.165, 1.54) is 12.3 Å². The molecule has 0 fully saturated rings. The fourth-order valence-electron chi connectivity index (χ4n) is 1.90. The van der Waals surface area contributed by atoms with E-state index in [2.05, 4.69) is 15.8 Å². The summed E-state index contributed by atoms with van der Waals surface area (Å²) in [5, 5.41) is 15.8. The van der Waals surface area contributed by atoms with Gasteiger partial charge in [0.15, 0.2) is 0 Å². The van der Waals surface area contributed by atoms with Gasteiger partial charge in [-0.05, 0) is 24.6 Å². The Morgan fingerprint density at radius 3 is 2.39 bits per heavy atom. The average Bonchev–Trinajstić information content (AvgIpc) is 2.57. The number of aromatic hydroxyl groups is 1. The van der Waals surface area contributed by atoms with Gasteiger partial charge in [-0.2, -0.15) is 5.10 Å². The van der Waals surface area contributed by atoms with E-state index >= 15 is 0 Å². The highest BCUT2D eigenvalue weighted by molar-refractivity contribution is 6.35. The third-order valence-corrected chi connectivity index (χ3v) is 3.16. The Balaban J connectivity index is 1.88. The minimum absolute atomic E-state index is 0.0349. The summed E-state index contributed by atoms with van der Waals surface area (Å²) in [5.41, 5.74) is 3.45. The van der Waals surface area contributed by atoms with Crippen LogP contribution in [-0.2, 0) is 9.59 Å². The zero-order valence-corrected chi connectivity index (χ0v) is 12.6. The quantitative estimate of drug-likeness (QED) is 0.456. The van der Waals surface area contributed by atoms with Gasteiger partial charge in [-0.3, -0.25) is 9.59 Å². The Kier molecular flexibility index (Phi) is 5.46. The number of para-hydroxylation sites is 1. The maximum atomic E-state index is 11.8. The molecule has 0 aromatic heterocycles. The second-order valence-electron chi connectivity index (χ2n) is 4.86. The fraction of sp³-hybridized carbons (Fsp3) is 0.118. The van der Waals surface area contributed by atoms with E-state index in [4.69, 9.17) is 0 Å². The normalized spacial score (nSPS) is 11.9. The minimum Gasteiger partial charge on any atom is -0.507 e. The number of nitrogens with one attached hydrogen (secondary N) is 2. The molecule has 0 heterocycles. The molecule has 0 aliphatic heterocycles. The van der Waals surface area contributed by atoms with Crippen molar-refractivity contribution in [2.45, 2.75) is 13.0 Å². The molecule has 118 valence electrons. The number of hydrogen-bond acceptors (Lipinski definition) is 4. The molecular weight excluding hydrogens is 294 g/mol. The van der Waals surface area contributed by atoms with Gasteiger partial charge < -0.3 is 10.4 Å². The molecule has 23 heavy (non-hydrogen) atoms. The van der Waals surface area contributed by atoms with Gasteiger partial charge in [0.05, 0.1) is 12.3 Å². The summed E-state index contributed by atoms with van der Waals surface area (Å²) in [7, 11) is 0. The first kappa shape index (κ1) is 16.2. The number of hydrazone groups is 1. The maximum Gasteiger partial charge on any atom is 0.329 e. The Morgan fingerprint density at radius 1 is 1.04 bits per heavy atom. The van der Waals surface area contributed by atoms with Gasteiger partial charge in [-0.1, -0.05) is 42.5 Å². The SMILES string of the molecule is C[C@@H](NC(=O)C(=O)N/N=C\c1ccccc1O)c1ccccc1. The molecule has 0 spiro atoms. The number of rotatable bonds is 4. The molecule has 2 aromatic carbocycles. The highest BCUT2D eigenvalue weighted by atomic mass is 16.3. The molecule has 6 nitrogen and oxygen atoms in total. The number of phenolic OH excluding ortho intramolecular Hbond substituents is 1. The van der Waals surface area contributed by atoms with Crippen molar-refractivity contribution in [1.29, 1.82) is 0 Å². The topological polar surface area (TPSA) is 90.8 Å². The van der Waals surface area contributed by atoms with Crippen molar-refractivity contribution in [2.24, 2.45) is 5.10 Å². The molecule has 1 atom stereocenters.